The lowest BCUT2D eigenvalue weighted by Crippen LogP contribution is -2.74. The van der Waals surface area contributed by atoms with Crippen LogP contribution < -0.4 is 0 Å². The Morgan fingerprint density at radius 3 is 2.59 bits per heavy atom. The summed E-state index contributed by atoms with van der Waals surface area (Å²) in [6, 6.07) is 0. The Morgan fingerprint density at radius 2 is 2.00 bits per heavy atom. The van der Waals surface area contributed by atoms with Crippen LogP contribution in [0.3, 0.4) is 0 Å². The lowest BCUT2D eigenvalue weighted by molar-refractivity contribution is -0.414. The maximum absolute atomic E-state index is 13.2. The number of aliphatic hydroxyl groups excluding tert-OH is 1. The van der Waals surface area contributed by atoms with E-state index in [1.807, 2.05) is 13.0 Å². The first-order chi connectivity index (χ1) is 14.9. The van der Waals surface area contributed by atoms with Gasteiger partial charge in [0.2, 0.25) is 0 Å². The SMILES string of the molecule is C=C(C)[C@@]12OC3(C)O[C@@H]1[C@@H]1C=C(CO)C[C@]4(O)C(=O)C(C)=C[C@H]4[C@@]1(O3)[C@H](C)[C@H]2OC(C)=O. The molecule has 3 aliphatic carbocycles. The fourth-order valence-corrected chi connectivity index (χ4v) is 7.06. The molecule has 0 radical (unpaired) electrons. The van der Waals surface area contributed by atoms with Crippen molar-refractivity contribution in [2.75, 3.05) is 6.61 Å². The summed E-state index contributed by atoms with van der Waals surface area (Å²) < 4.78 is 25.2. The summed E-state index contributed by atoms with van der Waals surface area (Å²) in [5.41, 5.74) is -2.59. The van der Waals surface area contributed by atoms with Gasteiger partial charge in [0.15, 0.2) is 11.4 Å². The zero-order valence-electron chi connectivity index (χ0n) is 19.0. The third-order valence-electron chi connectivity index (χ3n) is 8.16. The number of carbonyl (C=O) groups excluding carboxylic acids is 2. The van der Waals surface area contributed by atoms with Gasteiger partial charge in [-0.15, -0.1) is 0 Å². The maximum Gasteiger partial charge on any atom is 0.303 e. The number of ketones is 1. The average molecular weight is 446 g/mol. The molecule has 3 fully saturated rings. The molecule has 0 aromatic heterocycles. The molecule has 32 heavy (non-hydrogen) atoms. The minimum absolute atomic E-state index is 0.0161. The standard InChI is InChI=1S/C24H30O8/c1-11(2)23-19(29-14(5)26)13(4)24-16(20(23)30-21(6,31-23)32-24)8-15(10-25)9-22(28)17(24)7-12(3)18(22)27/h7-8,13,16-17,19-20,25,28H,1,9-10H2,2-6H3/t13-,16+,17-,19-,20-,21?,22-,23+,24-/m1/s1. The largest absolute Gasteiger partial charge is 0.459 e. The lowest BCUT2D eigenvalue weighted by Gasteiger charge is -2.60. The Morgan fingerprint density at radius 1 is 1.31 bits per heavy atom. The molecular formula is C24H30O8. The van der Waals surface area contributed by atoms with Crippen LogP contribution in [0.15, 0.2) is 35.5 Å². The highest BCUT2D eigenvalue weighted by Crippen LogP contribution is 2.68. The lowest BCUT2D eigenvalue weighted by atomic mass is 9.53. The van der Waals surface area contributed by atoms with Crippen molar-refractivity contribution in [1.82, 2.24) is 0 Å². The summed E-state index contributed by atoms with van der Waals surface area (Å²) in [7, 11) is 0. The fourth-order valence-electron chi connectivity index (χ4n) is 7.06. The van der Waals surface area contributed by atoms with E-state index >= 15 is 0 Å². The van der Waals surface area contributed by atoms with Gasteiger partial charge in [0.1, 0.15) is 17.8 Å². The van der Waals surface area contributed by atoms with E-state index in [4.69, 9.17) is 18.9 Å². The molecule has 0 amide bonds. The number of carbonyl (C=O) groups is 2. The Labute approximate surface area is 186 Å². The van der Waals surface area contributed by atoms with Gasteiger partial charge < -0.3 is 29.2 Å². The molecule has 2 N–H and O–H groups in total. The Kier molecular flexibility index (Phi) is 4.39. The van der Waals surface area contributed by atoms with Crippen LogP contribution in [0.4, 0.5) is 0 Å². The van der Waals surface area contributed by atoms with E-state index in [9.17, 15) is 19.8 Å². The van der Waals surface area contributed by atoms with Crippen molar-refractivity contribution in [3.63, 3.8) is 0 Å². The molecule has 2 saturated heterocycles. The maximum atomic E-state index is 13.2. The van der Waals surface area contributed by atoms with E-state index in [-0.39, 0.29) is 13.0 Å². The molecule has 5 rings (SSSR count). The molecule has 2 heterocycles. The van der Waals surface area contributed by atoms with Crippen LogP contribution in [0.2, 0.25) is 0 Å². The molecule has 3 bridgehead atoms. The molecule has 0 aromatic rings. The number of aliphatic hydroxyl groups is 2. The monoisotopic (exact) mass is 446 g/mol. The zero-order chi connectivity index (χ0) is 23.4. The topological polar surface area (TPSA) is 112 Å². The van der Waals surface area contributed by atoms with Crippen molar-refractivity contribution in [3.8, 4) is 0 Å². The van der Waals surface area contributed by atoms with E-state index in [0.29, 0.717) is 16.7 Å². The van der Waals surface area contributed by atoms with E-state index in [2.05, 4.69) is 6.58 Å². The summed E-state index contributed by atoms with van der Waals surface area (Å²) >= 11 is 0. The first-order valence-corrected chi connectivity index (χ1v) is 11.0. The molecule has 8 heteroatoms. The summed E-state index contributed by atoms with van der Waals surface area (Å²) in [5, 5.41) is 21.9. The van der Waals surface area contributed by atoms with Crippen LogP contribution in [-0.2, 0) is 28.5 Å². The van der Waals surface area contributed by atoms with Gasteiger partial charge in [0.25, 0.3) is 5.97 Å². The second-order valence-electron chi connectivity index (χ2n) is 10.1. The van der Waals surface area contributed by atoms with Crippen molar-refractivity contribution in [2.24, 2.45) is 17.8 Å². The van der Waals surface area contributed by atoms with Gasteiger partial charge in [-0.3, -0.25) is 9.59 Å². The normalized spacial score (nSPS) is 50.8. The molecule has 0 spiro atoms. The van der Waals surface area contributed by atoms with Crippen LogP contribution in [0.5, 0.6) is 0 Å². The van der Waals surface area contributed by atoms with E-state index in [1.54, 1.807) is 26.8 Å². The summed E-state index contributed by atoms with van der Waals surface area (Å²) in [4.78, 5) is 25.4. The number of esters is 1. The summed E-state index contributed by atoms with van der Waals surface area (Å²) in [6.45, 7) is 12.2. The molecule has 0 aromatic carbocycles. The van der Waals surface area contributed by atoms with Gasteiger partial charge in [-0.2, -0.15) is 0 Å². The predicted molar refractivity (Wildman–Crippen MR) is 111 cm³/mol. The van der Waals surface area contributed by atoms with Gasteiger partial charge in [0.05, 0.1) is 12.2 Å². The van der Waals surface area contributed by atoms with Gasteiger partial charge in [0, 0.05) is 38.0 Å². The molecule has 8 nitrogen and oxygen atoms in total. The van der Waals surface area contributed by atoms with Gasteiger partial charge >= 0.3 is 5.97 Å². The minimum Gasteiger partial charge on any atom is -0.459 e. The minimum atomic E-state index is -1.79. The molecule has 9 atom stereocenters. The number of hydrogen-bond donors (Lipinski definition) is 2. The number of ether oxygens (including phenoxy) is 4. The second-order valence-corrected chi connectivity index (χ2v) is 10.1. The number of fused-ring (bicyclic) bond motifs is 2. The first-order valence-electron chi connectivity index (χ1n) is 11.0. The quantitative estimate of drug-likeness (QED) is 0.496. The van der Waals surface area contributed by atoms with E-state index in [0.717, 1.165) is 0 Å². The number of hydrogen-bond acceptors (Lipinski definition) is 8. The fraction of sp³-hybridized carbons (Fsp3) is 0.667. The number of rotatable bonds is 3. The molecule has 174 valence electrons. The van der Waals surface area contributed by atoms with Gasteiger partial charge in [-0.25, -0.2) is 0 Å². The summed E-state index contributed by atoms with van der Waals surface area (Å²) in [6.07, 6.45) is 2.11. The smallest absolute Gasteiger partial charge is 0.303 e. The van der Waals surface area contributed by atoms with Crippen molar-refractivity contribution >= 4 is 11.8 Å². The van der Waals surface area contributed by atoms with Crippen LogP contribution in [0, 0.1) is 17.8 Å². The van der Waals surface area contributed by atoms with Crippen LogP contribution >= 0.6 is 0 Å². The average Bonchev–Trinajstić information content (AvgIpc) is 3.03. The first kappa shape index (κ1) is 22.0. The molecule has 1 saturated carbocycles. The van der Waals surface area contributed by atoms with Gasteiger partial charge in [-0.05, 0) is 30.6 Å². The Bertz CT molecular complexity index is 998. The van der Waals surface area contributed by atoms with Crippen LogP contribution in [0.1, 0.15) is 41.0 Å². The molecule has 5 aliphatic rings. The Balaban J connectivity index is 1.82. The number of Topliss-reactive ketones (excluding diaryl/α,β-unsaturated/α-hetero) is 1. The predicted octanol–water partition coefficient (Wildman–Crippen LogP) is 1.56. The zero-order valence-corrected chi connectivity index (χ0v) is 19.0. The molecule has 1 unspecified atom stereocenters. The third kappa shape index (κ3) is 2.34. The highest BCUT2D eigenvalue weighted by molar-refractivity contribution is 6.04. The highest BCUT2D eigenvalue weighted by Gasteiger charge is 2.82. The van der Waals surface area contributed by atoms with E-state index < -0.39 is 64.5 Å². The van der Waals surface area contributed by atoms with Crippen molar-refractivity contribution in [3.05, 3.63) is 35.5 Å². The van der Waals surface area contributed by atoms with Crippen molar-refractivity contribution in [1.29, 1.82) is 0 Å². The van der Waals surface area contributed by atoms with Crippen LogP contribution in [0.25, 0.3) is 0 Å². The van der Waals surface area contributed by atoms with Gasteiger partial charge in [-0.1, -0.05) is 25.7 Å². The van der Waals surface area contributed by atoms with Crippen molar-refractivity contribution < 1.29 is 38.7 Å². The molecular weight excluding hydrogens is 416 g/mol. The summed E-state index contributed by atoms with van der Waals surface area (Å²) in [5.74, 6) is -4.12. The second kappa shape index (κ2) is 6.39. The van der Waals surface area contributed by atoms with Crippen LogP contribution in [-0.4, -0.2) is 63.6 Å². The van der Waals surface area contributed by atoms with E-state index in [1.165, 1.54) is 6.92 Å². The highest BCUT2D eigenvalue weighted by atomic mass is 16.9. The molecule has 2 aliphatic heterocycles. The Hall–Kier alpha value is -1.84. The third-order valence-corrected chi connectivity index (χ3v) is 8.16. The van der Waals surface area contributed by atoms with Crippen molar-refractivity contribution in [2.45, 2.75) is 76.0 Å².